The predicted octanol–water partition coefficient (Wildman–Crippen LogP) is 4.05. The summed E-state index contributed by atoms with van der Waals surface area (Å²) in [7, 11) is 0. The molecule has 3 N–H and O–H groups in total. The van der Waals surface area contributed by atoms with Crippen molar-refractivity contribution in [3.8, 4) is 0 Å². The molecule has 0 spiro atoms. The van der Waals surface area contributed by atoms with Crippen LogP contribution in [0.15, 0.2) is 54.7 Å². The second-order valence-electron chi connectivity index (χ2n) is 6.35. The highest BCUT2D eigenvalue weighted by atomic mass is 16.2. The van der Waals surface area contributed by atoms with Crippen LogP contribution in [0.1, 0.15) is 28.5 Å². The lowest BCUT2D eigenvalue weighted by Gasteiger charge is -2.11. The highest BCUT2D eigenvalue weighted by molar-refractivity contribution is 6.03. The molecule has 0 aliphatic rings. The third kappa shape index (κ3) is 4.70. The van der Waals surface area contributed by atoms with E-state index in [4.69, 9.17) is 0 Å². The maximum atomic E-state index is 12.6. The van der Waals surface area contributed by atoms with E-state index in [9.17, 15) is 9.59 Å². The lowest BCUT2D eigenvalue weighted by Crippen LogP contribution is -2.15. The Balaban J connectivity index is 1.75. The van der Waals surface area contributed by atoms with Crippen LogP contribution >= 0.6 is 0 Å². The first-order valence-electron chi connectivity index (χ1n) is 8.77. The monoisotopic (exact) mass is 375 g/mol. The zero-order valence-electron chi connectivity index (χ0n) is 15.9. The molecule has 3 rings (SSSR count). The SMILES string of the molecule is CC(=O)Nc1cccc(NC(=O)c2ccnc(Nc3cccc(C)c3C)n2)c1. The highest BCUT2D eigenvalue weighted by Gasteiger charge is 2.11. The minimum Gasteiger partial charge on any atom is -0.326 e. The average Bonchev–Trinajstić information content (AvgIpc) is 2.65. The summed E-state index contributed by atoms with van der Waals surface area (Å²) in [5.41, 5.74) is 4.52. The van der Waals surface area contributed by atoms with E-state index in [0.717, 1.165) is 16.8 Å². The Labute approximate surface area is 163 Å². The van der Waals surface area contributed by atoms with Crippen LogP contribution in [0.25, 0.3) is 0 Å². The minimum atomic E-state index is -0.369. The Kier molecular flexibility index (Phi) is 5.64. The molecule has 0 unspecified atom stereocenters. The summed E-state index contributed by atoms with van der Waals surface area (Å²) in [6.07, 6.45) is 1.53. The van der Waals surface area contributed by atoms with Gasteiger partial charge in [0.15, 0.2) is 0 Å². The first-order chi connectivity index (χ1) is 13.4. The number of rotatable bonds is 5. The van der Waals surface area contributed by atoms with Crippen LogP contribution in [0.2, 0.25) is 0 Å². The molecule has 1 aromatic heterocycles. The quantitative estimate of drug-likeness (QED) is 0.625. The van der Waals surface area contributed by atoms with Crippen LogP contribution in [-0.2, 0) is 4.79 Å². The van der Waals surface area contributed by atoms with Gasteiger partial charge in [0, 0.05) is 30.2 Å². The minimum absolute atomic E-state index is 0.179. The summed E-state index contributed by atoms with van der Waals surface area (Å²) in [5.74, 6) is -0.207. The first kappa shape index (κ1) is 19.0. The van der Waals surface area contributed by atoms with Crippen molar-refractivity contribution in [1.29, 1.82) is 0 Å². The smallest absolute Gasteiger partial charge is 0.274 e. The molecular formula is C21H21N5O2. The molecule has 0 aliphatic carbocycles. The van der Waals surface area contributed by atoms with Crippen molar-refractivity contribution in [2.24, 2.45) is 0 Å². The third-order valence-corrected chi connectivity index (χ3v) is 4.18. The summed E-state index contributed by atoms with van der Waals surface area (Å²) in [5, 5.41) is 8.61. The second kappa shape index (κ2) is 8.30. The van der Waals surface area contributed by atoms with Crippen molar-refractivity contribution in [3.63, 3.8) is 0 Å². The Morgan fingerprint density at radius 2 is 1.64 bits per heavy atom. The van der Waals surface area contributed by atoms with Crippen molar-refractivity contribution < 1.29 is 9.59 Å². The molecule has 0 saturated carbocycles. The number of hydrogen-bond donors (Lipinski definition) is 3. The zero-order valence-corrected chi connectivity index (χ0v) is 15.9. The number of benzene rings is 2. The van der Waals surface area contributed by atoms with Gasteiger partial charge >= 0.3 is 0 Å². The van der Waals surface area contributed by atoms with Crippen LogP contribution in [0.3, 0.4) is 0 Å². The van der Waals surface area contributed by atoms with E-state index < -0.39 is 0 Å². The van der Waals surface area contributed by atoms with Gasteiger partial charge in [0.2, 0.25) is 11.9 Å². The predicted molar refractivity (Wildman–Crippen MR) is 110 cm³/mol. The molecule has 0 fully saturated rings. The molecule has 28 heavy (non-hydrogen) atoms. The number of carbonyl (C=O) groups is 2. The first-order valence-corrected chi connectivity index (χ1v) is 8.77. The lowest BCUT2D eigenvalue weighted by atomic mass is 10.1. The molecule has 2 amide bonds. The van der Waals surface area contributed by atoms with Crippen molar-refractivity contribution in [2.45, 2.75) is 20.8 Å². The molecule has 0 bridgehead atoms. The largest absolute Gasteiger partial charge is 0.326 e. The summed E-state index contributed by atoms with van der Waals surface area (Å²) in [6, 6.07) is 14.4. The second-order valence-corrected chi connectivity index (χ2v) is 6.35. The number of nitrogens with one attached hydrogen (secondary N) is 3. The fourth-order valence-electron chi connectivity index (χ4n) is 2.63. The van der Waals surface area contributed by atoms with Crippen molar-refractivity contribution in [1.82, 2.24) is 9.97 Å². The van der Waals surface area contributed by atoms with E-state index in [1.807, 2.05) is 32.0 Å². The lowest BCUT2D eigenvalue weighted by molar-refractivity contribution is -0.114. The van der Waals surface area contributed by atoms with Gasteiger partial charge in [-0.15, -0.1) is 0 Å². The van der Waals surface area contributed by atoms with Crippen molar-refractivity contribution >= 4 is 34.8 Å². The molecule has 7 nitrogen and oxygen atoms in total. The topological polar surface area (TPSA) is 96.0 Å². The number of aryl methyl sites for hydroxylation is 1. The van der Waals surface area contributed by atoms with Gasteiger partial charge < -0.3 is 16.0 Å². The average molecular weight is 375 g/mol. The van der Waals surface area contributed by atoms with Crippen LogP contribution in [0.4, 0.5) is 23.0 Å². The van der Waals surface area contributed by atoms with Gasteiger partial charge in [0.1, 0.15) is 5.69 Å². The van der Waals surface area contributed by atoms with Gasteiger partial charge in [0.05, 0.1) is 0 Å². The third-order valence-electron chi connectivity index (χ3n) is 4.18. The summed E-state index contributed by atoms with van der Waals surface area (Å²) in [6.45, 7) is 5.47. The Hall–Kier alpha value is -3.74. The van der Waals surface area contributed by atoms with E-state index in [1.54, 1.807) is 30.3 Å². The fraction of sp³-hybridized carbons (Fsp3) is 0.143. The maximum Gasteiger partial charge on any atom is 0.274 e. The molecule has 0 atom stereocenters. The molecule has 0 radical (unpaired) electrons. The molecule has 0 saturated heterocycles. The van der Waals surface area contributed by atoms with Gasteiger partial charge in [-0.05, 0) is 55.3 Å². The van der Waals surface area contributed by atoms with E-state index in [1.165, 1.54) is 13.1 Å². The van der Waals surface area contributed by atoms with E-state index >= 15 is 0 Å². The van der Waals surface area contributed by atoms with Gasteiger partial charge in [0.25, 0.3) is 5.91 Å². The van der Waals surface area contributed by atoms with Gasteiger partial charge in [-0.2, -0.15) is 0 Å². The van der Waals surface area contributed by atoms with E-state index in [-0.39, 0.29) is 17.5 Å². The summed E-state index contributed by atoms with van der Waals surface area (Å²) < 4.78 is 0. The number of amides is 2. The van der Waals surface area contributed by atoms with Gasteiger partial charge in [-0.1, -0.05) is 18.2 Å². The molecule has 2 aromatic carbocycles. The molecule has 0 aliphatic heterocycles. The molecule has 3 aromatic rings. The highest BCUT2D eigenvalue weighted by Crippen LogP contribution is 2.21. The molecule has 142 valence electrons. The Morgan fingerprint density at radius 1 is 0.929 bits per heavy atom. The number of carbonyl (C=O) groups excluding carboxylic acids is 2. The normalized spacial score (nSPS) is 10.2. The standard InChI is InChI=1S/C21H21N5O2/c1-13-6-4-9-18(14(13)2)25-21-22-11-10-19(26-21)20(28)24-17-8-5-7-16(12-17)23-15(3)27/h4-12H,1-3H3,(H,23,27)(H,24,28)(H,22,25,26). The van der Waals surface area contributed by atoms with Crippen LogP contribution in [0, 0.1) is 13.8 Å². The van der Waals surface area contributed by atoms with E-state index in [2.05, 4.69) is 25.9 Å². The summed E-state index contributed by atoms with van der Waals surface area (Å²) in [4.78, 5) is 32.2. The zero-order chi connectivity index (χ0) is 20.1. The van der Waals surface area contributed by atoms with Gasteiger partial charge in [-0.3, -0.25) is 9.59 Å². The van der Waals surface area contributed by atoms with Crippen LogP contribution in [-0.4, -0.2) is 21.8 Å². The molecule has 1 heterocycles. The van der Waals surface area contributed by atoms with Gasteiger partial charge in [-0.25, -0.2) is 9.97 Å². The van der Waals surface area contributed by atoms with Crippen LogP contribution < -0.4 is 16.0 Å². The van der Waals surface area contributed by atoms with Crippen molar-refractivity contribution in [3.05, 3.63) is 71.5 Å². The maximum absolute atomic E-state index is 12.6. The number of aromatic nitrogens is 2. The van der Waals surface area contributed by atoms with Crippen LogP contribution in [0.5, 0.6) is 0 Å². The Bertz CT molecular complexity index is 1030. The number of nitrogens with zero attached hydrogens (tertiary/aromatic N) is 2. The van der Waals surface area contributed by atoms with E-state index in [0.29, 0.717) is 17.3 Å². The number of hydrogen-bond acceptors (Lipinski definition) is 5. The number of anilines is 4. The Morgan fingerprint density at radius 3 is 2.39 bits per heavy atom. The van der Waals surface area contributed by atoms with Crippen molar-refractivity contribution in [2.75, 3.05) is 16.0 Å². The fourth-order valence-corrected chi connectivity index (χ4v) is 2.63. The molecular weight excluding hydrogens is 354 g/mol. The molecule has 7 heteroatoms. The summed E-state index contributed by atoms with van der Waals surface area (Å²) >= 11 is 0.